The lowest BCUT2D eigenvalue weighted by Crippen LogP contribution is -2.30. The van der Waals surface area contributed by atoms with Crippen LogP contribution in [0, 0.1) is 18.7 Å². The number of hydrogen-bond donors (Lipinski definition) is 2. The van der Waals surface area contributed by atoms with Crippen LogP contribution >= 0.6 is 0 Å². The number of halogens is 4. The molecule has 2 heterocycles. The molecular formula is C20H21F4N5O3. The maximum Gasteiger partial charge on any atom is 0.422 e. The first kappa shape index (κ1) is 23.4. The highest BCUT2D eigenvalue weighted by atomic mass is 19.4. The molecule has 0 radical (unpaired) electrons. The third-order valence-corrected chi connectivity index (χ3v) is 4.85. The summed E-state index contributed by atoms with van der Waals surface area (Å²) in [5, 5.41) is 5.21. The molecule has 0 spiro atoms. The number of aromatic nitrogens is 3. The predicted octanol–water partition coefficient (Wildman–Crippen LogP) is 3.49. The Hall–Kier alpha value is -3.31. The number of ether oxygens (including phenoxy) is 1. The van der Waals surface area contributed by atoms with Crippen LogP contribution in [0.4, 0.5) is 23.5 Å². The molecule has 12 heteroatoms. The predicted molar refractivity (Wildman–Crippen MR) is 104 cm³/mol. The van der Waals surface area contributed by atoms with Gasteiger partial charge in [-0.15, -0.1) is 0 Å². The average Bonchev–Trinajstić information content (AvgIpc) is 2.64. The molecule has 8 nitrogen and oxygen atoms in total. The Balaban J connectivity index is 1.66. The molecule has 0 bridgehead atoms. The molecule has 2 N–H and O–H groups in total. The zero-order chi connectivity index (χ0) is 23.5. The molecule has 1 aliphatic carbocycles. The quantitative estimate of drug-likeness (QED) is 0.619. The summed E-state index contributed by atoms with van der Waals surface area (Å²) < 4.78 is 55.0. The number of carbonyl (C=O) groups excluding carboxylic acids is 2. The number of carbonyl (C=O) groups is 2. The minimum atomic E-state index is -4.63. The highest BCUT2D eigenvalue weighted by molar-refractivity contribution is 5.94. The van der Waals surface area contributed by atoms with E-state index >= 15 is 0 Å². The van der Waals surface area contributed by atoms with Gasteiger partial charge in [-0.05, 0) is 44.4 Å². The molecule has 0 aromatic carbocycles. The van der Waals surface area contributed by atoms with Crippen molar-refractivity contribution in [2.75, 3.05) is 11.9 Å². The molecule has 0 aliphatic heterocycles. The highest BCUT2D eigenvalue weighted by Gasteiger charge is 2.29. The lowest BCUT2D eigenvalue weighted by Gasteiger charge is -2.23. The van der Waals surface area contributed by atoms with Gasteiger partial charge in [0.2, 0.25) is 11.9 Å². The number of nitrogens with zero attached hydrogens (tertiary/aromatic N) is 3. The van der Waals surface area contributed by atoms with Crippen molar-refractivity contribution in [3.63, 3.8) is 0 Å². The van der Waals surface area contributed by atoms with E-state index in [4.69, 9.17) is 0 Å². The van der Waals surface area contributed by atoms with Crippen LogP contribution in [-0.4, -0.2) is 39.5 Å². The first-order valence-corrected chi connectivity index (χ1v) is 9.84. The van der Waals surface area contributed by atoms with Gasteiger partial charge in [0, 0.05) is 17.8 Å². The molecule has 1 unspecified atom stereocenters. The molecule has 1 atom stereocenters. The van der Waals surface area contributed by atoms with Gasteiger partial charge in [-0.25, -0.2) is 19.3 Å². The Morgan fingerprint density at radius 1 is 1.25 bits per heavy atom. The number of anilines is 1. The molecular weight excluding hydrogens is 434 g/mol. The fraction of sp³-hybridized carbons (Fsp3) is 0.450. The molecule has 1 aliphatic rings. The van der Waals surface area contributed by atoms with Crippen molar-refractivity contribution < 1.29 is 31.9 Å². The monoisotopic (exact) mass is 455 g/mol. The Morgan fingerprint density at radius 2 is 1.97 bits per heavy atom. The fourth-order valence-electron chi connectivity index (χ4n) is 2.91. The van der Waals surface area contributed by atoms with Gasteiger partial charge >= 0.3 is 6.18 Å². The summed E-state index contributed by atoms with van der Waals surface area (Å²) >= 11 is 0. The SMILES string of the molecule is Cc1cc(C(=O)NC(C)c2cnc(OCC(F)(F)F)c(F)c2)nc(NC(=O)C2CCC2)n1. The summed E-state index contributed by atoms with van der Waals surface area (Å²) in [5.41, 5.74) is 0.659. The third kappa shape index (κ3) is 6.11. The zero-order valence-electron chi connectivity index (χ0n) is 17.3. The Bertz CT molecular complexity index is 1010. The van der Waals surface area contributed by atoms with Crippen molar-refractivity contribution in [1.82, 2.24) is 20.3 Å². The van der Waals surface area contributed by atoms with Crippen LogP contribution in [0.3, 0.4) is 0 Å². The first-order chi connectivity index (χ1) is 15.0. The van der Waals surface area contributed by atoms with Crippen molar-refractivity contribution >= 4 is 17.8 Å². The normalized spacial score (nSPS) is 14.9. The first-order valence-electron chi connectivity index (χ1n) is 9.84. The zero-order valence-corrected chi connectivity index (χ0v) is 17.3. The van der Waals surface area contributed by atoms with Gasteiger partial charge in [-0.1, -0.05) is 6.42 Å². The van der Waals surface area contributed by atoms with Crippen LogP contribution in [0.15, 0.2) is 18.3 Å². The largest absolute Gasteiger partial charge is 0.466 e. The number of hydrogen-bond acceptors (Lipinski definition) is 6. The van der Waals surface area contributed by atoms with Crippen molar-refractivity contribution in [1.29, 1.82) is 0 Å². The Morgan fingerprint density at radius 3 is 2.56 bits per heavy atom. The number of alkyl halides is 3. The van der Waals surface area contributed by atoms with Crippen molar-refractivity contribution in [2.45, 2.75) is 45.3 Å². The highest BCUT2D eigenvalue weighted by Crippen LogP contribution is 2.27. The molecule has 172 valence electrons. The maximum atomic E-state index is 14.0. The van der Waals surface area contributed by atoms with E-state index in [-0.39, 0.29) is 29.0 Å². The Labute approximate surface area is 180 Å². The minimum absolute atomic E-state index is 0.00757. The van der Waals surface area contributed by atoms with Crippen LogP contribution in [-0.2, 0) is 4.79 Å². The number of rotatable bonds is 7. The molecule has 1 saturated carbocycles. The molecule has 2 amide bonds. The van der Waals surface area contributed by atoms with Crippen LogP contribution in [0.1, 0.15) is 54.0 Å². The number of amides is 2. The lowest BCUT2D eigenvalue weighted by atomic mass is 9.85. The number of nitrogens with one attached hydrogen (secondary N) is 2. The van der Waals surface area contributed by atoms with Crippen LogP contribution < -0.4 is 15.4 Å². The summed E-state index contributed by atoms with van der Waals surface area (Å²) in [7, 11) is 0. The third-order valence-electron chi connectivity index (χ3n) is 4.85. The van der Waals surface area contributed by atoms with Crippen molar-refractivity contribution in [3.8, 4) is 5.88 Å². The Kier molecular flexibility index (Phi) is 6.90. The smallest absolute Gasteiger partial charge is 0.422 e. The van der Waals surface area contributed by atoms with E-state index in [0.717, 1.165) is 31.5 Å². The van der Waals surface area contributed by atoms with E-state index < -0.39 is 36.4 Å². The second-order valence-corrected chi connectivity index (χ2v) is 7.49. The molecule has 2 aromatic rings. The van der Waals surface area contributed by atoms with Crippen LogP contribution in [0.5, 0.6) is 5.88 Å². The van der Waals surface area contributed by atoms with E-state index in [0.29, 0.717) is 5.69 Å². The second-order valence-electron chi connectivity index (χ2n) is 7.49. The standard InChI is InChI=1S/C20H21F4N5O3/c1-10-6-15(28-19(26-10)29-16(30)12-4-3-5-12)17(31)27-11(2)13-7-14(21)18(25-8-13)32-9-20(22,23)24/h6-8,11-12H,3-5,9H2,1-2H3,(H,27,31)(H,26,28,29,30). The lowest BCUT2D eigenvalue weighted by molar-refractivity contribution is -0.154. The van der Waals surface area contributed by atoms with E-state index in [2.05, 4.69) is 30.3 Å². The van der Waals surface area contributed by atoms with Gasteiger partial charge in [0.25, 0.3) is 11.8 Å². The van der Waals surface area contributed by atoms with E-state index in [1.54, 1.807) is 6.92 Å². The van der Waals surface area contributed by atoms with Crippen molar-refractivity contribution in [2.24, 2.45) is 5.92 Å². The van der Waals surface area contributed by atoms with Crippen LogP contribution in [0.25, 0.3) is 0 Å². The average molecular weight is 455 g/mol. The van der Waals surface area contributed by atoms with Gasteiger partial charge in [-0.2, -0.15) is 13.2 Å². The number of pyridine rings is 1. The summed E-state index contributed by atoms with van der Waals surface area (Å²) in [6.45, 7) is 1.51. The van der Waals surface area contributed by atoms with Gasteiger partial charge < -0.3 is 10.1 Å². The summed E-state index contributed by atoms with van der Waals surface area (Å²) in [4.78, 5) is 36.4. The summed E-state index contributed by atoms with van der Waals surface area (Å²) in [6.07, 6.45) is -0.932. The van der Waals surface area contributed by atoms with E-state index in [1.807, 2.05) is 0 Å². The maximum absolute atomic E-state index is 14.0. The molecule has 32 heavy (non-hydrogen) atoms. The van der Waals surface area contributed by atoms with Crippen LogP contribution in [0.2, 0.25) is 0 Å². The fourth-order valence-corrected chi connectivity index (χ4v) is 2.91. The minimum Gasteiger partial charge on any atom is -0.466 e. The molecule has 1 fully saturated rings. The van der Waals surface area contributed by atoms with Crippen molar-refractivity contribution in [3.05, 3.63) is 41.1 Å². The van der Waals surface area contributed by atoms with E-state index in [9.17, 15) is 27.2 Å². The second kappa shape index (κ2) is 9.45. The van der Waals surface area contributed by atoms with Gasteiger partial charge in [0.15, 0.2) is 12.4 Å². The summed E-state index contributed by atoms with van der Waals surface area (Å²) in [6, 6.07) is 1.61. The van der Waals surface area contributed by atoms with Gasteiger partial charge in [-0.3, -0.25) is 14.9 Å². The number of aryl methyl sites for hydroxylation is 1. The van der Waals surface area contributed by atoms with Gasteiger partial charge in [0.1, 0.15) is 5.69 Å². The topological polar surface area (TPSA) is 106 Å². The molecule has 0 saturated heterocycles. The molecule has 3 rings (SSSR count). The molecule has 2 aromatic heterocycles. The van der Waals surface area contributed by atoms with Gasteiger partial charge in [0.05, 0.1) is 6.04 Å². The summed E-state index contributed by atoms with van der Waals surface area (Å²) in [5.74, 6) is -2.76. The van der Waals surface area contributed by atoms with E-state index in [1.165, 1.54) is 13.0 Å².